The van der Waals surface area contributed by atoms with Gasteiger partial charge in [0.1, 0.15) is 12.0 Å². The van der Waals surface area contributed by atoms with Gasteiger partial charge in [-0.2, -0.15) is 0 Å². The first kappa shape index (κ1) is 9.86. The molecule has 0 saturated carbocycles. The van der Waals surface area contributed by atoms with E-state index in [4.69, 9.17) is 4.74 Å². The average molecular weight is 194 g/mol. The van der Waals surface area contributed by atoms with Gasteiger partial charge < -0.3 is 4.74 Å². The maximum Gasteiger partial charge on any atom is 0.143 e. The van der Waals surface area contributed by atoms with Gasteiger partial charge in [-0.3, -0.25) is 4.79 Å². The van der Waals surface area contributed by atoms with E-state index in [9.17, 15) is 4.79 Å². The molecule has 0 aliphatic heterocycles. The van der Waals surface area contributed by atoms with Crippen molar-refractivity contribution in [2.45, 2.75) is 4.90 Å². The molecule has 68 valence electrons. The van der Waals surface area contributed by atoms with Crippen molar-refractivity contribution in [3.63, 3.8) is 0 Å². The molecule has 0 bridgehead atoms. The van der Waals surface area contributed by atoms with Crippen molar-refractivity contribution in [1.29, 1.82) is 0 Å². The Kier molecular flexibility index (Phi) is 4.12. The number of benzene rings is 1. The van der Waals surface area contributed by atoms with Gasteiger partial charge in [0, 0.05) is 4.90 Å². The molecule has 0 heterocycles. The molecule has 0 radical (unpaired) electrons. The third-order valence-corrected chi connectivity index (χ3v) is 2.26. The number of allylic oxidation sites excluding steroid dienone is 1. The minimum absolute atomic E-state index is 0.760. The van der Waals surface area contributed by atoms with E-state index in [1.165, 1.54) is 17.8 Å². The summed E-state index contributed by atoms with van der Waals surface area (Å²) < 4.78 is 5.01. The Morgan fingerprint density at radius 1 is 1.31 bits per heavy atom. The Labute approximate surface area is 81.6 Å². The highest BCUT2D eigenvalue weighted by atomic mass is 32.2. The molecule has 0 atom stereocenters. The van der Waals surface area contributed by atoms with Crippen LogP contribution in [0.3, 0.4) is 0 Å². The summed E-state index contributed by atoms with van der Waals surface area (Å²) in [7, 11) is 1.63. The van der Waals surface area contributed by atoms with Gasteiger partial charge in [0.25, 0.3) is 0 Å². The lowest BCUT2D eigenvalue weighted by atomic mass is 10.3. The van der Waals surface area contributed by atoms with Crippen LogP contribution >= 0.6 is 11.8 Å². The summed E-state index contributed by atoms with van der Waals surface area (Å²) in [5.74, 6) is 0.837. The first-order valence-corrected chi connectivity index (χ1v) is 4.66. The molecule has 13 heavy (non-hydrogen) atoms. The van der Waals surface area contributed by atoms with Crippen LogP contribution in [0.15, 0.2) is 40.6 Å². The lowest BCUT2D eigenvalue weighted by Gasteiger charge is -1.99. The molecule has 0 aliphatic rings. The summed E-state index contributed by atoms with van der Waals surface area (Å²) in [6, 6.07) is 7.66. The van der Waals surface area contributed by atoms with Crippen molar-refractivity contribution in [2.75, 3.05) is 7.11 Å². The smallest absolute Gasteiger partial charge is 0.143 e. The molecule has 0 amide bonds. The standard InChI is InChI=1S/C10H10O2S/c1-12-9-3-5-10(6-4-9)13-8-2-7-11/h2-8H,1H3/b8-2+. The normalized spacial score (nSPS) is 10.2. The molecule has 0 aromatic heterocycles. The molecule has 0 saturated heterocycles. The second kappa shape index (κ2) is 5.43. The fraction of sp³-hybridized carbons (Fsp3) is 0.100. The second-order valence-electron chi connectivity index (χ2n) is 2.26. The van der Waals surface area contributed by atoms with Crippen molar-refractivity contribution in [1.82, 2.24) is 0 Å². The molecule has 1 rings (SSSR count). The van der Waals surface area contributed by atoms with Gasteiger partial charge in [0.05, 0.1) is 7.11 Å². The van der Waals surface area contributed by atoms with Gasteiger partial charge in [-0.25, -0.2) is 0 Å². The van der Waals surface area contributed by atoms with Crippen molar-refractivity contribution >= 4 is 18.0 Å². The quantitative estimate of drug-likeness (QED) is 0.418. The summed E-state index contributed by atoms with van der Waals surface area (Å²) >= 11 is 1.50. The first-order valence-electron chi connectivity index (χ1n) is 3.78. The Morgan fingerprint density at radius 3 is 2.54 bits per heavy atom. The van der Waals surface area contributed by atoms with E-state index in [2.05, 4.69) is 0 Å². The number of ether oxygens (including phenoxy) is 1. The third kappa shape index (κ3) is 3.34. The molecule has 0 N–H and O–H groups in total. The van der Waals surface area contributed by atoms with E-state index in [0.717, 1.165) is 16.9 Å². The molecule has 3 heteroatoms. The van der Waals surface area contributed by atoms with Crippen LogP contribution in [0.5, 0.6) is 5.75 Å². The van der Waals surface area contributed by atoms with Crippen molar-refractivity contribution in [3.05, 3.63) is 35.7 Å². The van der Waals surface area contributed by atoms with E-state index < -0.39 is 0 Å². The van der Waals surface area contributed by atoms with Gasteiger partial charge in [-0.05, 0) is 35.7 Å². The van der Waals surface area contributed by atoms with Crippen LogP contribution in [-0.4, -0.2) is 13.4 Å². The number of hydrogen-bond acceptors (Lipinski definition) is 3. The molecule has 2 nitrogen and oxygen atoms in total. The van der Waals surface area contributed by atoms with Gasteiger partial charge >= 0.3 is 0 Å². The van der Waals surface area contributed by atoms with Crippen LogP contribution in [-0.2, 0) is 4.79 Å². The van der Waals surface area contributed by atoms with Crippen LogP contribution in [0.2, 0.25) is 0 Å². The average Bonchev–Trinajstić information content (AvgIpc) is 2.19. The number of hydrogen-bond donors (Lipinski definition) is 0. The Morgan fingerprint density at radius 2 is 2.00 bits per heavy atom. The van der Waals surface area contributed by atoms with Crippen LogP contribution < -0.4 is 4.74 Å². The number of aldehydes is 1. The highest BCUT2D eigenvalue weighted by Gasteiger charge is 1.91. The van der Waals surface area contributed by atoms with Gasteiger partial charge in [-0.15, -0.1) is 0 Å². The molecular formula is C10H10O2S. The first-order chi connectivity index (χ1) is 6.36. The van der Waals surface area contributed by atoms with E-state index in [0.29, 0.717) is 0 Å². The van der Waals surface area contributed by atoms with Crippen molar-refractivity contribution in [3.8, 4) is 5.75 Å². The van der Waals surface area contributed by atoms with E-state index in [1.54, 1.807) is 12.5 Å². The molecule has 0 fully saturated rings. The zero-order valence-corrected chi connectivity index (χ0v) is 8.08. The van der Waals surface area contributed by atoms with E-state index >= 15 is 0 Å². The van der Waals surface area contributed by atoms with Crippen LogP contribution in [0, 0.1) is 0 Å². The third-order valence-electron chi connectivity index (χ3n) is 1.42. The summed E-state index contributed by atoms with van der Waals surface area (Å²) in [5, 5.41) is 1.74. The second-order valence-corrected chi connectivity index (χ2v) is 3.24. The summed E-state index contributed by atoms with van der Waals surface area (Å²) in [5.41, 5.74) is 0. The fourth-order valence-electron chi connectivity index (χ4n) is 0.804. The van der Waals surface area contributed by atoms with Crippen LogP contribution in [0.4, 0.5) is 0 Å². The molecule has 1 aromatic carbocycles. The maximum absolute atomic E-state index is 9.98. The Bertz CT molecular complexity index is 290. The molecular weight excluding hydrogens is 184 g/mol. The minimum atomic E-state index is 0.760. The predicted molar refractivity (Wildman–Crippen MR) is 54.1 cm³/mol. The maximum atomic E-state index is 9.98. The van der Waals surface area contributed by atoms with Crippen LogP contribution in [0.25, 0.3) is 0 Å². The highest BCUT2D eigenvalue weighted by molar-refractivity contribution is 8.02. The zero-order valence-electron chi connectivity index (χ0n) is 7.27. The Hall–Kier alpha value is -1.22. The van der Waals surface area contributed by atoms with E-state index in [1.807, 2.05) is 24.3 Å². The monoisotopic (exact) mass is 194 g/mol. The Balaban J connectivity index is 2.58. The molecule has 1 aromatic rings. The summed E-state index contributed by atoms with van der Waals surface area (Å²) in [6.07, 6.45) is 2.23. The largest absolute Gasteiger partial charge is 0.497 e. The number of rotatable bonds is 4. The topological polar surface area (TPSA) is 26.3 Å². The number of methoxy groups -OCH3 is 1. The minimum Gasteiger partial charge on any atom is -0.497 e. The van der Waals surface area contributed by atoms with E-state index in [-0.39, 0.29) is 0 Å². The van der Waals surface area contributed by atoms with Gasteiger partial charge in [-0.1, -0.05) is 11.8 Å². The van der Waals surface area contributed by atoms with Crippen molar-refractivity contribution < 1.29 is 9.53 Å². The fourth-order valence-corrected chi connectivity index (χ4v) is 1.40. The predicted octanol–water partition coefficient (Wildman–Crippen LogP) is 2.50. The lowest BCUT2D eigenvalue weighted by Crippen LogP contribution is -1.80. The zero-order chi connectivity index (χ0) is 9.52. The summed E-state index contributed by atoms with van der Waals surface area (Å²) in [6.45, 7) is 0. The lowest BCUT2D eigenvalue weighted by molar-refractivity contribution is -0.104. The number of thioether (sulfide) groups is 1. The SMILES string of the molecule is COc1ccc(S/C=C/C=O)cc1. The van der Waals surface area contributed by atoms with Gasteiger partial charge in [0.2, 0.25) is 0 Å². The molecule has 0 spiro atoms. The van der Waals surface area contributed by atoms with Crippen LogP contribution in [0.1, 0.15) is 0 Å². The summed E-state index contributed by atoms with van der Waals surface area (Å²) in [4.78, 5) is 11.1. The van der Waals surface area contributed by atoms with Gasteiger partial charge in [0.15, 0.2) is 0 Å². The van der Waals surface area contributed by atoms with Crippen molar-refractivity contribution in [2.24, 2.45) is 0 Å². The highest BCUT2D eigenvalue weighted by Crippen LogP contribution is 2.21. The number of carbonyl (C=O) groups is 1. The molecule has 0 unspecified atom stereocenters. The molecule has 0 aliphatic carbocycles. The number of carbonyl (C=O) groups excluding carboxylic acids is 1.